The fourth-order valence-electron chi connectivity index (χ4n) is 2.80. The predicted molar refractivity (Wildman–Crippen MR) is 102 cm³/mol. The van der Waals surface area contributed by atoms with Crippen LogP contribution < -0.4 is 5.32 Å². The predicted octanol–water partition coefficient (Wildman–Crippen LogP) is 4.73. The van der Waals surface area contributed by atoms with Crippen molar-refractivity contribution in [2.24, 2.45) is 0 Å². The minimum Gasteiger partial charge on any atom is -0.332 e. The third-order valence-electron chi connectivity index (χ3n) is 4.03. The Morgan fingerprint density at radius 2 is 1.92 bits per heavy atom. The molecule has 0 saturated carbocycles. The molecule has 0 bridgehead atoms. The normalized spacial score (nSPS) is 11.0. The van der Waals surface area contributed by atoms with Gasteiger partial charge in [0.2, 0.25) is 0 Å². The van der Waals surface area contributed by atoms with Crippen molar-refractivity contribution in [3.63, 3.8) is 0 Å². The second kappa shape index (κ2) is 6.23. The lowest BCUT2D eigenvalue weighted by Crippen LogP contribution is -1.93. The molecule has 1 aromatic carbocycles. The summed E-state index contributed by atoms with van der Waals surface area (Å²) in [4.78, 5) is 19.6. The Morgan fingerprint density at radius 1 is 1.15 bits per heavy atom. The molecule has 1 N–H and O–H groups in total. The summed E-state index contributed by atoms with van der Waals surface area (Å²) >= 11 is 1.48. The summed E-state index contributed by atoms with van der Waals surface area (Å²) in [6, 6.07) is 10.4. The molecular formula is C18H15N5O2S. The van der Waals surface area contributed by atoms with Crippen LogP contribution in [-0.4, -0.2) is 19.3 Å². The van der Waals surface area contributed by atoms with E-state index in [1.54, 1.807) is 12.1 Å². The molecule has 8 heteroatoms. The minimum absolute atomic E-state index is 0.0621. The highest BCUT2D eigenvalue weighted by molar-refractivity contribution is 7.14. The number of nitrogens with zero attached hydrogens (tertiary/aromatic N) is 4. The van der Waals surface area contributed by atoms with Crippen LogP contribution in [0.2, 0.25) is 0 Å². The number of non-ortho nitro benzene ring substituents is 1. The molecule has 0 radical (unpaired) electrons. The number of pyridine rings is 1. The topological polar surface area (TPSA) is 85.4 Å². The number of nitro benzene ring substituents is 1. The van der Waals surface area contributed by atoms with E-state index in [9.17, 15) is 10.1 Å². The molecule has 3 heterocycles. The molecule has 4 aromatic rings. The maximum absolute atomic E-state index is 10.7. The van der Waals surface area contributed by atoms with Crippen molar-refractivity contribution in [2.75, 3.05) is 5.32 Å². The van der Waals surface area contributed by atoms with Crippen LogP contribution in [0.15, 0.2) is 48.0 Å². The van der Waals surface area contributed by atoms with Gasteiger partial charge in [-0.3, -0.25) is 14.5 Å². The lowest BCUT2D eigenvalue weighted by molar-refractivity contribution is -0.384. The van der Waals surface area contributed by atoms with Crippen molar-refractivity contribution in [2.45, 2.75) is 13.8 Å². The number of hydrogen-bond acceptors (Lipinski definition) is 6. The first-order valence-corrected chi connectivity index (χ1v) is 8.82. The monoisotopic (exact) mass is 365 g/mol. The number of nitrogens with one attached hydrogen (secondary N) is 1. The number of imidazole rings is 1. The van der Waals surface area contributed by atoms with Crippen molar-refractivity contribution < 1.29 is 4.92 Å². The largest absolute Gasteiger partial charge is 0.332 e. The lowest BCUT2D eigenvalue weighted by atomic mass is 10.2. The number of anilines is 2. The van der Waals surface area contributed by atoms with Crippen molar-refractivity contribution in [3.05, 3.63) is 69.3 Å². The Labute approximate surface area is 153 Å². The van der Waals surface area contributed by atoms with Gasteiger partial charge in [0, 0.05) is 29.4 Å². The highest BCUT2D eigenvalue weighted by Crippen LogP contribution is 2.30. The standard InChI is InChI=1S/C18H15N5O2S/c1-11-7-8-22-16(9-11)19-12(2)17(22)15-10-26-18(21-15)20-13-3-5-14(6-4-13)23(24)25/h3-10H,1-2H3,(H,20,21). The van der Waals surface area contributed by atoms with E-state index in [2.05, 4.69) is 15.3 Å². The Hall–Kier alpha value is -3.26. The van der Waals surface area contributed by atoms with E-state index in [0.717, 1.165) is 39.1 Å². The van der Waals surface area contributed by atoms with Crippen molar-refractivity contribution in [1.82, 2.24) is 14.4 Å². The Morgan fingerprint density at radius 3 is 2.65 bits per heavy atom. The number of thiazole rings is 1. The molecule has 0 unspecified atom stereocenters. The van der Waals surface area contributed by atoms with Gasteiger partial charge in [-0.2, -0.15) is 0 Å². The number of aryl methyl sites for hydroxylation is 2. The third kappa shape index (κ3) is 2.91. The average molecular weight is 365 g/mol. The van der Waals surface area contributed by atoms with Crippen LogP contribution in [0.4, 0.5) is 16.5 Å². The molecule has 0 saturated heterocycles. The third-order valence-corrected chi connectivity index (χ3v) is 4.79. The summed E-state index contributed by atoms with van der Waals surface area (Å²) in [5.74, 6) is 0. The fourth-order valence-corrected chi connectivity index (χ4v) is 3.52. The molecule has 0 aliphatic carbocycles. The summed E-state index contributed by atoms with van der Waals surface area (Å²) in [5.41, 5.74) is 5.60. The van der Waals surface area contributed by atoms with Crippen LogP contribution >= 0.6 is 11.3 Å². The van der Waals surface area contributed by atoms with E-state index in [1.165, 1.54) is 23.5 Å². The molecule has 7 nitrogen and oxygen atoms in total. The highest BCUT2D eigenvalue weighted by Gasteiger charge is 2.14. The van der Waals surface area contributed by atoms with Gasteiger partial charge >= 0.3 is 0 Å². The number of fused-ring (bicyclic) bond motifs is 1. The first-order chi connectivity index (χ1) is 12.5. The number of nitro groups is 1. The lowest BCUT2D eigenvalue weighted by Gasteiger charge is -2.02. The fraction of sp³-hybridized carbons (Fsp3) is 0.111. The smallest absolute Gasteiger partial charge is 0.269 e. The van der Waals surface area contributed by atoms with Gasteiger partial charge in [0.1, 0.15) is 11.3 Å². The van der Waals surface area contributed by atoms with Gasteiger partial charge in [-0.1, -0.05) is 0 Å². The summed E-state index contributed by atoms with van der Waals surface area (Å²) in [5, 5.41) is 16.6. The molecule has 130 valence electrons. The molecule has 0 amide bonds. The van der Waals surface area contributed by atoms with Gasteiger partial charge in [0.15, 0.2) is 5.13 Å². The molecule has 0 aliphatic heterocycles. The molecule has 0 aliphatic rings. The molecule has 0 atom stereocenters. The zero-order valence-corrected chi connectivity index (χ0v) is 14.9. The Balaban J connectivity index is 1.64. The van der Waals surface area contributed by atoms with Gasteiger partial charge < -0.3 is 5.32 Å². The quantitative estimate of drug-likeness (QED) is 0.417. The summed E-state index contributed by atoms with van der Waals surface area (Å²) in [6.45, 7) is 4.01. The van der Waals surface area contributed by atoms with Crippen LogP contribution in [0, 0.1) is 24.0 Å². The van der Waals surface area contributed by atoms with Gasteiger partial charge in [-0.25, -0.2) is 9.97 Å². The van der Waals surface area contributed by atoms with E-state index in [0.29, 0.717) is 0 Å². The van der Waals surface area contributed by atoms with Crippen LogP contribution in [-0.2, 0) is 0 Å². The molecule has 4 rings (SSSR count). The van der Waals surface area contributed by atoms with Crippen LogP contribution in [0.5, 0.6) is 0 Å². The van der Waals surface area contributed by atoms with E-state index < -0.39 is 4.92 Å². The zero-order valence-electron chi connectivity index (χ0n) is 14.1. The Bertz CT molecular complexity index is 1110. The molecular weight excluding hydrogens is 350 g/mol. The maximum atomic E-state index is 10.7. The zero-order chi connectivity index (χ0) is 18.3. The van der Waals surface area contributed by atoms with Gasteiger partial charge in [0.05, 0.1) is 16.3 Å². The van der Waals surface area contributed by atoms with E-state index in [4.69, 9.17) is 0 Å². The summed E-state index contributed by atoms with van der Waals surface area (Å²) in [7, 11) is 0. The van der Waals surface area contributed by atoms with E-state index >= 15 is 0 Å². The molecule has 0 fully saturated rings. The van der Waals surface area contributed by atoms with Gasteiger partial charge in [-0.05, 0) is 43.7 Å². The van der Waals surface area contributed by atoms with Crippen LogP contribution in [0.1, 0.15) is 11.3 Å². The van der Waals surface area contributed by atoms with Gasteiger partial charge in [0.25, 0.3) is 5.69 Å². The van der Waals surface area contributed by atoms with E-state index in [1.807, 2.05) is 42.0 Å². The van der Waals surface area contributed by atoms with E-state index in [-0.39, 0.29) is 5.69 Å². The second-order valence-electron chi connectivity index (χ2n) is 5.94. The number of aromatic nitrogens is 3. The SMILES string of the molecule is Cc1ccn2c(-c3csc(Nc4ccc([N+](=O)[O-])cc4)n3)c(C)nc2c1. The first kappa shape index (κ1) is 16.2. The highest BCUT2D eigenvalue weighted by atomic mass is 32.1. The Kier molecular flexibility index (Phi) is 3.89. The summed E-state index contributed by atoms with van der Waals surface area (Å²) < 4.78 is 2.03. The molecule has 3 aromatic heterocycles. The number of rotatable bonds is 4. The second-order valence-corrected chi connectivity index (χ2v) is 6.80. The van der Waals surface area contributed by atoms with Crippen LogP contribution in [0.25, 0.3) is 17.0 Å². The van der Waals surface area contributed by atoms with Crippen molar-refractivity contribution >= 4 is 33.5 Å². The number of benzene rings is 1. The van der Waals surface area contributed by atoms with Crippen molar-refractivity contribution in [1.29, 1.82) is 0 Å². The van der Waals surface area contributed by atoms with Gasteiger partial charge in [-0.15, -0.1) is 11.3 Å². The van der Waals surface area contributed by atoms with Crippen LogP contribution in [0.3, 0.4) is 0 Å². The minimum atomic E-state index is -0.416. The summed E-state index contributed by atoms with van der Waals surface area (Å²) in [6.07, 6.45) is 2.00. The molecule has 26 heavy (non-hydrogen) atoms. The number of hydrogen-bond donors (Lipinski definition) is 1. The average Bonchev–Trinajstić information content (AvgIpc) is 3.18. The molecule has 0 spiro atoms. The first-order valence-electron chi connectivity index (χ1n) is 7.94. The maximum Gasteiger partial charge on any atom is 0.269 e. The van der Waals surface area contributed by atoms with Crippen molar-refractivity contribution in [3.8, 4) is 11.4 Å².